The van der Waals surface area contributed by atoms with Gasteiger partial charge in [0.25, 0.3) is 0 Å². The van der Waals surface area contributed by atoms with Crippen LogP contribution < -0.4 is 81.4 Å². The van der Waals surface area contributed by atoms with Crippen molar-refractivity contribution in [2.75, 3.05) is 44.7 Å². The fourth-order valence-electron chi connectivity index (χ4n) is 10.2. The molecule has 1 fully saturated rings. The van der Waals surface area contributed by atoms with Gasteiger partial charge in [-0.25, -0.2) is 0 Å². The summed E-state index contributed by atoms with van der Waals surface area (Å²) in [5, 5.41) is 55.4. The molecule has 554 valence electrons. The summed E-state index contributed by atoms with van der Waals surface area (Å²) < 4.78 is 0. The first-order valence-electron chi connectivity index (χ1n) is 33.0. The van der Waals surface area contributed by atoms with E-state index in [1.54, 1.807) is 64.3 Å². The molecule has 35 nitrogen and oxygen atoms in total. The maximum absolute atomic E-state index is 14.7. The smallest absolute Gasteiger partial charge is 0.325 e. The van der Waals surface area contributed by atoms with Crippen molar-refractivity contribution < 1.29 is 92.0 Å². The van der Waals surface area contributed by atoms with Crippen LogP contribution in [-0.2, 0) is 83.1 Å². The summed E-state index contributed by atoms with van der Waals surface area (Å²) >= 11 is 1.34. The molecule has 0 bridgehead atoms. The Morgan fingerprint density at radius 3 is 1.54 bits per heavy atom. The van der Waals surface area contributed by atoms with Crippen LogP contribution in [0.1, 0.15) is 136 Å². The molecule has 1 saturated heterocycles. The molecule has 99 heavy (non-hydrogen) atoms. The maximum Gasteiger partial charge on any atom is 0.325 e. The molecule has 0 aliphatic carbocycles. The lowest BCUT2D eigenvalue weighted by atomic mass is 9.96. The topological polar surface area (TPSA) is 573 Å². The highest BCUT2D eigenvalue weighted by Crippen LogP contribution is 2.21. The second kappa shape index (κ2) is 45.5. The Balaban J connectivity index is 2.34. The number of likely N-dealkylation sites (tertiary alicyclic amines) is 1. The average molecular weight is 1420 g/mol. The lowest BCUT2D eigenvalue weighted by Gasteiger charge is -2.30. The summed E-state index contributed by atoms with van der Waals surface area (Å²) in [6.07, 6.45) is 1.29. The number of carbonyl (C=O) groups excluding carboxylic acids is 13. The van der Waals surface area contributed by atoms with Crippen molar-refractivity contribution in [3.05, 3.63) is 35.9 Å². The molecule has 1 aliphatic heterocycles. The van der Waals surface area contributed by atoms with Gasteiger partial charge < -0.3 is 102 Å². The van der Waals surface area contributed by atoms with Gasteiger partial charge in [0, 0.05) is 25.8 Å². The van der Waals surface area contributed by atoms with Crippen LogP contribution in [0.3, 0.4) is 0 Å². The van der Waals surface area contributed by atoms with Gasteiger partial charge in [0.15, 0.2) is 0 Å². The third-order valence-corrected chi connectivity index (χ3v) is 16.8. The Morgan fingerprint density at radius 2 is 1.03 bits per heavy atom. The molecule has 1 aromatic rings. The van der Waals surface area contributed by atoms with Crippen molar-refractivity contribution in [2.45, 2.75) is 204 Å². The summed E-state index contributed by atoms with van der Waals surface area (Å²) in [4.78, 5) is 213. The number of thioether (sulfide) groups is 1. The van der Waals surface area contributed by atoms with Crippen molar-refractivity contribution in [3.8, 4) is 0 Å². The number of hydrogen-bond donors (Lipinski definition) is 18. The highest BCUT2D eigenvalue weighted by Gasteiger charge is 2.41. The minimum absolute atomic E-state index is 0.0247. The van der Waals surface area contributed by atoms with Crippen molar-refractivity contribution in [1.29, 1.82) is 0 Å². The van der Waals surface area contributed by atoms with E-state index in [0.717, 1.165) is 6.92 Å². The molecule has 0 saturated carbocycles. The summed E-state index contributed by atoms with van der Waals surface area (Å²) in [5.41, 5.74) is 23.0. The van der Waals surface area contributed by atoms with Crippen molar-refractivity contribution in [1.82, 2.24) is 63.4 Å². The predicted octanol–water partition coefficient (Wildman–Crippen LogP) is -4.43. The van der Waals surface area contributed by atoms with Gasteiger partial charge in [-0.15, -0.1) is 0 Å². The van der Waals surface area contributed by atoms with Crippen LogP contribution in [0, 0.1) is 11.8 Å². The summed E-state index contributed by atoms with van der Waals surface area (Å²) in [6, 6.07) is -6.34. The number of aliphatic carboxylic acids is 3. The quantitative estimate of drug-likeness (QED) is 0.0274. The van der Waals surface area contributed by atoms with Gasteiger partial charge in [0.2, 0.25) is 76.8 Å². The van der Waals surface area contributed by atoms with Gasteiger partial charge in [0.05, 0.1) is 25.6 Å². The van der Waals surface area contributed by atoms with Crippen LogP contribution in [-0.4, -0.2) is 226 Å². The first-order chi connectivity index (χ1) is 46.8. The van der Waals surface area contributed by atoms with E-state index in [2.05, 4.69) is 58.5 Å². The van der Waals surface area contributed by atoms with Crippen LogP contribution >= 0.6 is 11.8 Å². The third kappa shape index (κ3) is 32.0. The standard InChI is InChI=1S/C63H102N16O19S/c1-7-35(4)52(78-61(95)51(34(2)3)77-58(92)40(19-12-14-27-65)73-53(87)38(66)31-46(67)80)60(94)69-33-48(82)72-44(30-37-16-9-8-10-17-37)62(96)79-28-15-20-45(79)59(93)76-43(25-29-99-6)57(91)74-39(18-11-13-26-64)54(88)68-32-47(81)71-41(21-23-49(83)84)56(90)75-42(22-24-50(85)86)55(89)70-36(5)63(97)98/h8-10,16-17,34-36,38-45,51-52H,7,11-15,18-33,64-66H2,1-6H3,(H2,67,80)(H,68,88)(H,69,94)(H,70,89)(H,71,81)(H,72,82)(H,73,87)(H,74,91)(H,75,90)(H,76,93)(H,77,92)(H,78,95)(H,83,84)(H,85,86)(H,97,98)/t35-,36-,38-,39-,40-,41-,42-,43-,44-,45-,51-,52-/m0/s1. The zero-order valence-electron chi connectivity index (χ0n) is 57.0. The van der Waals surface area contributed by atoms with Gasteiger partial charge in [-0.2, -0.15) is 11.8 Å². The highest BCUT2D eigenvalue weighted by atomic mass is 32.2. The number of nitrogens with one attached hydrogen (secondary N) is 11. The van der Waals surface area contributed by atoms with Gasteiger partial charge in [-0.1, -0.05) is 64.4 Å². The van der Waals surface area contributed by atoms with Crippen LogP contribution in [0.15, 0.2) is 30.3 Å². The Kier molecular flexibility index (Phi) is 39.6. The number of rotatable bonds is 48. The molecule has 1 heterocycles. The summed E-state index contributed by atoms with van der Waals surface area (Å²) in [5.74, 6) is -16.1. The Hall–Kier alpha value is -9.03. The zero-order valence-corrected chi connectivity index (χ0v) is 57.8. The number of hydrogen-bond acceptors (Lipinski definition) is 20. The van der Waals surface area contributed by atoms with Crippen LogP contribution in [0.25, 0.3) is 0 Å². The van der Waals surface area contributed by atoms with Gasteiger partial charge in [-0.3, -0.25) is 76.7 Å². The van der Waals surface area contributed by atoms with E-state index in [1.807, 2.05) is 0 Å². The Bertz CT molecular complexity index is 2930. The molecule has 1 aliphatic rings. The lowest BCUT2D eigenvalue weighted by Crippen LogP contribution is -2.60. The lowest BCUT2D eigenvalue weighted by molar-refractivity contribution is -0.142. The van der Waals surface area contributed by atoms with Gasteiger partial charge in [0.1, 0.15) is 60.4 Å². The molecular weight excluding hydrogens is 1320 g/mol. The first kappa shape index (κ1) is 86.1. The van der Waals surface area contributed by atoms with E-state index in [-0.39, 0.29) is 51.6 Å². The van der Waals surface area contributed by atoms with Crippen molar-refractivity contribution in [2.24, 2.45) is 34.8 Å². The third-order valence-electron chi connectivity index (χ3n) is 16.1. The minimum atomic E-state index is -1.68. The maximum atomic E-state index is 14.7. The van der Waals surface area contributed by atoms with E-state index < -0.39 is 218 Å². The molecule has 36 heteroatoms. The molecule has 0 spiro atoms. The van der Waals surface area contributed by atoms with Crippen molar-refractivity contribution >= 4 is 106 Å². The minimum Gasteiger partial charge on any atom is -0.481 e. The molecule has 22 N–H and O–H groups in total. The number of amides is 13. The van der Waals surface area contributed by atoms with Gasteiger partial charge >= 0.3 is 17.9 Å². The number of carboxylic acid groups (broad SMARTS) is 3. The normalized spacial score (nSPS) is 15.9. The summed E-state index contributed by atoms with van der Waals surface area (Å²) in [7, 11) is 0. The van der Waals surface area contributed by atoms with Crippen LogP contribution in [0.5, 0.6) is 0 Å². The van der Waals surface area contributed by atoms with E-state index in [9.17, 15) is 92.0 Å². The molecule has 1 aromatic carbocycles. The molecule has 0 aromatic heterocycles. The number of benzene rings is 1. The van der Waals surface area contributed by atoms with Crippen LogP contribution in [0.4, 0.5) is 0 Å². The molecule has 0 unspecified atom stereocenters. The largest absolute Gasteiger partial charge is 0.481 e. The van der Waals surface area contributed by atoms with Crippen molar-refractivity contribution in [3.63, 3.8) is 0 Å². The van der Waals surface area contributed by atoms with Crippen LogP contribution in [0.2, 0.25) is 0 Å². The number of carboxylic acids is 3. The van der Waals surface area contributed by atoms with E-state index in [0.29, 0.717) is 50.0 Å². The Morgan fingerprint density at radius 1 is 0.556 bits per heavy atom. The van der Waals surface area contributed by atoms with Gasteiger partial charge in [-0.05, 0) is 120 Å². The average Bonchev–Trinajstić information content (AvgIpc) is 1.76. The number of carbonyl (C=O) groups is 16. The molecular formula is C63H102N16O19S. The number of unbranched alkanes of at least 4 members (excludes halogenated alkanes) is 2. The van der Waals surface area contributed by atoms with E-state index in [1.165, 1.54) is 16.7 Å². The molecule has 13 amide bonds. The number of primary amides is 1. The monoisotopic (exact) mass is 1420 g/mol. The van der Waals surface area contributed by atoms with E-state index in [4.69, 9.17) is 22.9 Å². The molecule has 2 rings (SSSR count). The number of nitrogens with two attached hydrogens (primary N) is 4. The second-order valence-electron chi connectivity index (χ2n) is 24.5. The first-order valence-corrected chi connectivity index (χ1v) is 34.4. The fourth-order valence-corrected chi connectivity index (χ4v) is 10.7. The highest BCUT2D eigenvalue weighted by molar-refractivity contribution is 7.98. The van der Waals surface area contributed by atoms with E-state index >= 15 is 0 Å². The number of nitrogens with zero attached hydrogens (tertiary/aromatic N) is 1. The fraction of sp³-hybridized carbons (Fsp3) is 0.651. The Labute approximate surface area is 578 Å². The predicted molar refractivity (Wildman–Crippen MR) is 360 cm³/mol. The second-order valence-corrected chi connectivity index (χ2v) is 25.4. The summed E-state index contributed by atoms with van der Waals surface area (Å²) in [6.45, 7) is 6.88. The zero-order chi connectivity index (χ0) is 74.5. The molecule has 0 radical (unpaired) electrons. The SMILES string of the molecule is CC[C@H](C)[C@H](NC(=O)[C@@H](NC(=O)[C@H](CCCCN)NC(=O)[C@@H](N)CC(N)=O)C(C)C)C(=O)NCC(=O)N[C@@H](Cc1ccccc1)C(=O)N1CCC[C@H]1C(=O)N[C@@H](CCSC)C(=O)N[C@@H](CCCCN)C(=O)NCC(=O)N[C@@H](CCC(=O)O)C(=O)N[C@@H](CCC(=O)O)C(=O)N[C@@H](C)C(=O)O. The molecule has 12 atom stereocenters.